The van der Waals surface area contributed by atoms with Crippen LogP contribution in [0.25, 0.3) is 22.2 Å². The van der Waals surface area contributed by atoms with Crippen molar-refractivity contribution in [1.82, 2.24) is 19.8 Å². The van der Waals surface area contributed by atoms with Crippen LogP contribution in [0.3, 0.4) is 0 Å². The molecule has 0 aliphatic carbocycles. The molecule has 1 N–H and O–H groups in total. The van der Waals surface area contributed by atoms with Crippen LogP contribution in [0.15, 0.2) is 30.3 Å². The molecule has 1 aromatic carbocycles. The van der Waals surface area contributed by atoms with Gasteiger partial charge in [-0.3, -0.25) is 9.78 Å². The number of carbonyl (C=O) groups is 1. The molecule has 0 spiro atoms. The van der Waals surface area contributed by atoms with Crippen LogP contribution in [0, 0.1) is 19.8 Å². The number of H-pyrrole nitrogens is 1. The largest absolute Gasteiger partial charge is 0.493 e. The number of ether oxygens (including phenoxy) is 1. The number of aromatic nitrogens is 2. The monoisotopic (exact) mass is 462 g/mol. The molecule has 6 heteroatoms. The lowest BCUT2D eigenvalue weighted by atomic mass is 9.95. The van der Waals surface area contributed by atoms with Gasteiger partial charge in [-0.25, -0.2) is 0 Å². The first-order valence-electron chi connectivity index (χ1n) is 12.4. The third-order valence-corrected chi connectivity index (χ3v) is 6.66. The van der Waals surface area contributed by atoms with E-state index in [4.69, 9.17) is 4.74 Å². The number of hydrogen-bond donors (Lipinski definition) is 1. The lowest BCUT2D eigenvalue weighted by molar-refractivity contribution is -0.133. The first kappa shape index (κ1) is 24.3. The van der Waals surface area contributed by atoms with Crippen molar-refractivity contribution in [1.29, 1.82) is 0 Å². The fourth-order valence-electron chi connectivity index (χ4n) is 5.02. The lowest BCUT2D eigenvalue weighted by Crippen LogP contribution is -2.43. The van der Waals surface area contributed by atoms with Crippen LogP contribution in [-0.4, -0.2) is 66.0 Å². The maximum absolute atomic E-state index is 12.3. The highest BCUT2D eigenvalue weighted by atomic mass is 16.5. The van der Waals surface area contributed by atoms with Crippen molar-refractivity contribution < 1.29 is 9.53 Å². The van der Waals surface area contributed by atoms with Crippen LogP contribution in [0.2, 0.25) is 0 Å². The average Bonchev–Trinajstić information content (AvgIpc) is 3.16. The first-order chi connectivity index (χ1) is 16.2. The number of nitrogens with zero attached hydrogens (tertiary/aromatic N) is 3. The zero-order valence-electron chi connectivity index (χ0n) is 21.4. The number of nitrogens with one attached hydrogen (secondary N) is 1. The molecular weight excluding hydrogens is 424 g/mol. The van der Waals surface area contributed by atoms with E-state index in [0.717, 1.165) is 48.6 Å². The van der Waals surface area contributed by atoms with Crippen LogP contribution in [0.5, 0.6) is 5.75 Å². The van der Waals surface area contributed by atoms with Crippen molar-refractivity contribution in [3.05, 3.63) is 47.3 Å². The van der Waals surface area contributed by atoms with Gasteiger partial charge in [-0.1, -0.05) is 13.8 Å². The zero-order chi connectivity index (χ0) is 24.4. The van der Waals surface area contributed by atoms with E-state index >= 15 is 0 Å². The van der Waals surface area contributed by atoms with Gasteiger partial charge >= 0.3 is 0 Å². The number of likely N-dealkylation sites (N-methyl/N-ethyl adjacent to an activating group) is 1. The van der Waals surface area contributed by atoms with E-state index < -0.39 is 0 Å². The van der Waals surface area contributed by atoms with Crippen LogP contribution in [-0.2, 0) is 4.79 Å². The van der Waals surface area contributed by atoms with Crippen LogP contribution in [0.1, 0.15) is 49.6 Å². The number of piperidine rings is 1. The number of fused-ring (bicyclic) bond motifs is 1. The summed E-state index contributed by atoms with van der Waals surface area (Å²) < 4.78 is 6.27. The minimum Gasteiger partial charge on any atom is -0.493 e. The summed E-state index contributed by atoms with van der Waals surface area (Å²) in [6.07, 6.45) is 1.99. The first-order valence-corrected chi connectivity index (χ1v) is 12.4. The zero-order valence-corrected chi connectivity index (χ0v) is 21.4. The molecule has 3 aromatic rings. The molecule has 0 radical (unpaired) electrons. The Morgan fingerprint density at radius 2 is 1.82 bits per heavy atom. The number of carbonyl (C=O) groups excluding carboxylic acids is 1. The van der Waals surface area contributed by atoms with Crippen molar-refractivity contribution in [3.63, 3.8) is 0 Å². The van der Waals surface area contributed by atoms with Crippen LogP contribution < -0.4 is 4.74 Å². The van der Waals surface area contributed by atoms with Crippen molar-refractivity contribution in [2.45, 2.75) is 46.5 Å². The number of likely N-dealkylation sites (tertiary alicyclic amines) is 1. The van der Waals surface area contributed by atoms with E-state index in [0.29, 0.717) is 25.0 Å². The van der Waals surface area contributed by atoms with Gasteiger partial charge < -0.3 is 19.5 Å². The van der Waals surface area contributed by atoms with E-state index in [9.17, 15) is 4.79 Å². The molecule has 3 heterocycles. The maximum atomic E-state index is 12.3. The molecule has 1 aliphatic heterocycles. The standard InChI is InChI=1S/C28H38N4O2/c1-18(2)27-24-15-23(34-17-21-9-11-32(12-10-21)26(33)16-31(5)6)7-8-25(24)30-28(27)22-13-19(3)29-20(4)14-22/h7-8,13-15,18,21,30H,9-12,16-17H2,1-6H3. The van der Waals surface area contributed by atoms with Gasteiger partial charge in [0, 0.05) is 40.9 Å². The highest BCUT2D eigenvalue weighted by Gasteiger charge is 2.24. The third kappa shape index (κ3) is 5.44. The maximum Gasteiger partial charge on any atom is 0.236 e. The Hall–Kier alpha value is -2.86. The summed E-state index contributed by atoms with van der Waals surface area (Å²) >= 11 is 0. The molecule has 0 unspecified atom stereocenters. The smallest absolute Gasteiger partial charge is 0.236 e. The summed E-state index contributed by atoms with van der Waals surface area (Å²) in [6.45, 7) is 11.4. The average molecular weight is 463 g/mol. The quantitative estimate of drug-likeness (QED) is 0.528. The summed E-state index contributed by atoms with van der Waals surface area (Å²) in [5.41, 5.74) is 6.86. The molecule has 0 saturated carbocycles. The van der Waals surface area contributed by atoms with Gasteiger partial charge in [0.2, 0.25) is 5.91 Å². The highest BCUT2D eigenvalue weighted by Crippen LogP contribution is 2.37. The summed E-state index contributed by atoms with van der Waals surface area (Å²) in [7, 11) is 3.87. The SMILES string of the molecule is Cc1cc(-c2[nH]c3ccc(OCC4CCN(C(=O)CN(C)C)CC4)cc3c2C(C)C)cc(C)n1. The van der Waals surface area contributed by atoms with Gasteiger partial charge in [0.25, 0.3) is 0 Å². The number of aryl methyl sites for hydroxylation is 2. The van der Waals surface area contributed by atoms with Crippen LogP contribution >= 0.6 is 0 Å². The second-order valence-electron chi connectivity index (χ2n) is 10.3. The predicted molar refractivity (Wildman–Crippen MR) is 138 cm³/mol. The molecular formula is C28H38N4O2. The van der Waals surface area contributed by atoms with Crippen molar-refractivity contribution in [2.75, 3.05) is 40.3 Å². The Balaban J connectivity index is 1.48. The van der Waals surface area contributed by atoms with E-state index in [1.54, 1.807) is 0 Å². The Bertz CT molecular complexity index is 1140. The minimum absolute atomic E-state index is 0.221. The van der Waals surface area contributed by atoms with Gasteiger partial charge in [0.05, 0.1) is 18.8 Å². The van der Waals surface area contributed by atoms with Gasteiger partial charge in [-0.05, 0) is 88.5 Å². The van der Waals surface area contributed by atoms with Crippen LogP contribution in [0.4, 0.5) is 0 Å². The molecule has 4 rings (SSSR count). The second kappa shape index (κ2) is 10.2. The Kier molecular flexibility index (Phi) is 7.27. The molecule has 182 valence electrons. The number of rotatable bonds is 7. The number of hydrogen-bond acceptors (Lipinski definition) is 4. The highest BCUT2D eigenvalue weighted by molar-refractivity contribution is 5.92. The van der Waals surface area contributed by atoms with Gasteiger partial charge in [0.1, 0.15) is 5.75 Å². The van der Waals surface area contributed by atoms with Crippen molar-refractivity contribution >= 4 is 16.8 Å². The van der Waals surface area contributed by atoms with Gasteiger partial charge in [-0.2, -0.15) is 0 Å². The molecule has 2 aromatic heterocycles. The van der Waals surface area contributed by atoms with E-state index in [2.05, 4.69) is 54.1 Å². The molecule has 1 aliphatic rings. The third-order valence-electron chi connectivity index (χ3n) is 6.66. The molecule has 0 bridgehead atoms. The number of pyridine rings is 1. The predicted octanol–water partition coefficient (Wildman–Crippen LogP) is 5.15. The topological polar surface area (TPSA) is 61.5 Å². The molecule has 34 heavy (non-hydrogen) atoms. The summed E-state index contributed by atoms with van der Waals surface area (Å²) in [5.74, 6) is 1.98. The number of aromatic amines is 1. The van der Waals surface area contributed by atoms with Crippen molar-refractivity contribution in [2.24, 2.45) is 5.92 Å². The molecule has 6 nitrogen and oxygen atoms in total. The molecule has 1 fully saturated rings. The molecule has 1 saturated heterocycles. The minimum atomic E-state index is 0.221. The molecule has 0 atom stereocenters. The van der Waals surface area contributed by atoms with Gasteiger partial charge in [0.15, 0.2) is 0 Å². The molecule has 1 amide bonds. The van der Waals surface area contributed by atoms with Gasteiger partial charge in [-0.15, -0.1) is 0 Å². The Labute approximate surface area is 203 Å². The summed E-state index contributed by atoms with van der Waals surface area (Å²) in [4.78, 5) is 24.4. The van der Waals surface area contributed by atoms with E-state index in [1.165, 1.54) is 22.2 Å². The Morgan fingerprint density at radius 1 is 1.15 bits per heavy atom. The lowest BCUT2D eigenvalue weighted by Gasteiger charge is -2.32. The fraction of sp³-hybridized carbons (Fsp3) is 0.500. The normalized spacial score (nSPS) is 15.0. The fourth-order valence-corrected chi connectivity index (χ4v) is 5.02. The van der Waals surface area contributed by atoms with E-state index in [-0.39, 0.29) is 5.91 Å². The van der Waals surface area contributed by atoms with Crippen molar-refractivity contribution in [3.8, 4) is 17.0 Å². The summed E-state index contributed by atoms with van der Waals surface area (Å²) in [6, 6.07) is 10.7. The number of benzene rings is 1. The van der Waals surface area contributed by atoms with E-state index in [1.807, 2.05) is 37.7 Å². The second-order valence-corrected chi connectivity index (χ2v) is 10.3. The summed E-state index contributed by atoms with van der Waals surface area (Å²) in [5, 5.41) is 1.22. The number of amides is 1. The Morgan fingerprint density at radius 3 is 2.44 bits per heavy atom.